The number of carbonyl (C=O) groups excluding carboxylic acids is 2. The quantitative estimate of drug-likeness (QED) is 0.347. The monoisotopic (exact) mass is 504 g/mol. The van der Waals surface area contributed by atoms with Gasteiger partial charge < -0.3 is 26.3 Å². The Morgan fingerprint density at radius 1 is 1.14 bits per heavy atom. The molecule has 1 saturated heterocycles. The van der Waals surface area contributed by atoms with Crippen molar-refractivity contribution in [2.75, 3.05) is 19.5 Å². The van der Waals surface area contributed by atoms with E-state index < -0.39 is 29.9 Å². The maximum atomic E-state index is 14.3. The minimum atomic E-state index is -1.60. The Morgan fingerprint density at radius 2 is 1.92 bits per heavy atom. The molecule has 2 aromatic carbocycles. The average molecular weight is 505 g/mol. The van der Waals surface area contributed by atoms with E-state index in [-0.39, 0.29) is 29.5 Å². The minimum absolute atomic E-state index is 0.0272. The first-order valence-electron chi connectivity index (χ1n) is 11.7. The number of aromatic nitrogens is 3. The molecule has 1 fully saturated rings. The second kappa shape index (κ2) is 9.49. The lowest BCUT2D eigenvalue weighted by molar-refractivity contribution is -0.123. The van der Waals surface area contributed by atoms with Crippen molar-refractivity contribution in [3.8, 4) is 23.0 Å². The molecule has 0 saturated carbocycles. The molecule has 0 aliphatic carbocycles. The molecule has 37 heavy (non-hydrogen) atoms. The number of alkyl halides is 1. The number of hydrogen-bond donors (Lipinski definition) is 3. The van der Waals surface area contributed by atoms with Gasteiger partial charge in [0.25, 0.3) is 11.8 Å². The van der Waals surface area contributed by atoms with E-state index in [4.69, 9.17) is 25.9 Å². The Morgan fingerprint density at radius 3 is 2.65 bits per heavy atom. The molecule has 190 valence electrons. The van der Waals surface area contributed by atoms with Gasteiger partial charge in [-0.05, 0) is 24.6 Å². The van der Waals surface area contributed by atoms with Crippen LogP contribution in [0.1, 0.15) is 23.7 Å². The number of hydrogen-bond acceptors (Lipinski definition) is 8. The number of para-hydroxylation sites is 1. The van der Waals surface area contributed by atoms with Crippen LogP contribution in [0.5, 0.6) is 11.6 Å². The van der Waals surface area contributed by atoms with Crippen molar-refractivity contribution < 1.29 is 23.5 Å². The topological polar surface area (TPSA) is 155 Å². The lowest BCUT2D eigenvalue weighted by Crippen LogP contribution is -2.35. The molecule has 11 heteroatoms. The molecule has 3 heterocycles. The number of nitrogens with one attached hydrogen (secondary N) is 1. The number of nitrogens with zero attached hydrogens (tertiary/aromatic N) is 3. The van der Waals surface area contributed by atoms with Crippen LogP contribution < -0.4 is 26.3 Å². The van der Waals surface area contributed by atoms with Crippen LogP contribution in [0.4, 0.5) is 10.1 Å². The summed E-state index contributed by atoms with van der Waals surface area (Å²) in [6, 6.07) is 9.94. The summed E-state index contributed by atoms with van der Waals surface area (Å²) in [7, 11) is 1.41. The maximum absolute atomic E-state index is 14.3. The number of amides is 2. The van der Waals surface area contributed by atoms with Gasteiger partial charge in [-0.15, -0.1) is 0 Å². The highest BCUT2D eigenvalue weighted by Crippen LogP contribution is 2.40. The number of methoxy groups -OCH3 is 1. The number of primary amides is 1. The first-order valence-corrected chi connectivity index (χ1v) is 11.7. The molecule has 1 aliphatic rings. The van der Waals surface area contributed by atoms with E-state index in [1.807, 2.05) is 31.2 Å². The van der Waals surface area contributed by atoms with Gasteiger partial charge in [-0.25, -0.2) is 19.3 Å². The number of halogens is 1. The second-order valence-electron chi connectivity index (χ2n) is 8.78. The Bertz CT molecular complexity index is 1540. The molecule has 3 atom stereocenters. The van der Waals surface area contributed by atoms with E-state index in [9.17, 15) is 14.0 Å². The zero-order chi connectivity index (χ0) is 26.3. The summed E-state index contributed by atoms with van der Waals surface area (Å²) in [4.78, 5) is 37.5. The molecule has 2 aromatic heterocycles. The number of anilines is 1. The second-order valence-corrected chi connectivity index (χ2v) is 8.78. The van der Waals surface area contributed by atoms with Crippen LogP contribution in [-0.2, 0) is 4.79 Å². The molecule has 5 rings (SSSR count). The van der Waals surface area contributed by atoms with E-state index in [1.54, 1.807) is 6.07 Å². The van der Waals surface area contributed by atoms with Crippen molar-refractivity contribution in [1.29, 1.82) is 0 Å². The third-order valence-corrected chi connectivity index (χ3v) is 6.70. The summed E-state index contributed by atoms with van der Waals surface area (Å²) in [5.74, 6) is -1.51. The third kappa shape index (κ3) is 4.11. The van der Waals surface area contributed by atoms with Crippen molar-refractivity contribution in [1.82, 2.24) is 20.3 Å². The zero-order valence-electron chi connectivity index (χ0n) is 20.2. The SMILES string of the molecule is CC[C@@H]1[C@H](F)C(=O)N[C@@H]1COc1nc(-c2ncnc3ccccc23)c(N)c2cc(C(N)=O)c(OC)cc12. The summed E-state index contributed by atoms with van der Waals surface area (Å²) in [5, 5.41) is 4.27. The number of benzene rings is 2. The number of ether oxygens (including phenoxy) is 2. The molecule has 4 aromatic rings. The summed E-state index contributed by atoms with van der Waals surface area (Å²) in [6.07, 6.45) is 0.266. The number of nitrogen functional groups attached to an aromatic ring is 1. The van der Waals surface area contributed by atoms with Gasteiger partial charge in [-0.3, -0.25) is 9.59 Å². The fourth-order valence-electron chi connectivity index (χ4n) is 4.77. The van der Waals surface area contributed by atoms with Crippen molar-refractivity contribution in [3.63, 3.8) is 0 Å². The molecular formula is C26H25FN6O4. The van der Waals surface area contributed by atoms with Crippen LogP contribution in [0.3, 0.4) is 0 Å². The van der Waals surface area contributed by atoms with Gasteiger partial charge in [0.1, 0.15) is 30.1 Å². The highest BCUT2D eigenvalue weighted by atomic mass is 19.1. The smallest absolute Gasteiger partial charge is 0.255 e. The van der Waals surface area contributed by atoms with E-state index in [0.29, 0.717) is 39.5 Å². The molecule has 0 spiro atoms. The average Bonchev–Trinajstić information content (AvgIpc) is 3.19. The van der Waals surface area contributed by atoms with Crippen LogP contribution in [0.15, 0.2) is 42.7 Å². The molecule has 0 radical (unpaired) electrons. The Labute approximate surface area is 211 Å². The fraction of sp³-hybridized carbons (Fsp3) is 0.269. The van der Waals surface area contributed by atoms with Crippen LogP contribution in [0.2, 0.25) is 0 Å². The van der Waals surface area contributed by atoms with Gasteiger partial charge >= 0.3 is 0 Å². The highest BCUT2D eigenvalue weighted by molar-refractivity contribution is 6.09. The summed E-state index contributed by atoms with van der Waals surface area (Å²) in [6.45, 7) is 1.79. The number of pyridine rings is 1. The number of nitrogens with two attached hydrogens (primary N) is 2. The summed E-state index contributed by atoms with van der Waals surface area (Å²) >= 11 is 0. The van der Waals surface area contributed by atoms with Crippen molar-refractivity contribution in [3.05, 3.63) is 48.3 Å². The maximum Gasteiger partial charge on any atom is 0.255 e. The predicted octanol–water partition coefficient (Wildman–Crippen LogP) is 2.78. The molecule has 0 bridgehead atoms. The van der Waals surface area contributed by atoms with E-state index in [0.717, 1.165) is 0 Å². The van der Waals surface area contributed by atoms with Gasteiger partial charge in [0.2, 0.25) is 5.88 Å². The van der Waals surface area contributed by atoms with Gasteiger partial charge in [0, 0.05) is 22.1 Å². The summed E-state index contributed by atoms with van der Waals surface area (Å²) < 4.78 is 25.8. The van der Waals surface area contributed by atoms with Crippen molar-refractivity contribution >= 4 is 39.2 Å². The third-order valence-electron chi connectivity index (χ3n) is 6.70. The molecule has 5 N–H and O–H groups in total. The largest absolute Gasteiger partial charge is 0.496 e. The first kappa shape index (κ1) is 24.2. The van der Waals surface area contributed by atoms with Gasteiger partial charge in [-0.1, -0.05) is 25.1 Å². The minimum Gasteiger partial charge on any atom is -0.496 e. The standard InChI is InChI=1S/C26H25FN6O4/c1-3-12-18(32-25(35)20(12)27)10-37-26-15-9-19(36-2)16(24(29)34)8-14(15)21(28)23(33-26)22-13-6-4-5-7-17(13)30-11-31-22/h4-9,11-12,18,20H,3,10,28H2,1-2H3,(H2,29,34)(H,32,35)/t12-,18+,20-/m0/s1. The molecule has 2 amide bonds. The lowest BCUT2D eigenvalue weighted by atomic mass is 9.97. The van der Waals surface area contributed by atoms with E-state index in [2.05, 4.69) is 15.3 Å². The highest BCUT2D eigenvalue weighted by Gasteiger charge is 2.42. The zero-order valence-corrected chi connectivity index (χ0v) is 20.2. The lowest BCUT2D eigenvalue weighted by Gasteiger charge is -2.20. The van der Waals surface area contributed by atoms with Gasteiger partial charge in [-0.2, -0.15) is 0 Å². The summed E-state index contributed by atoms with van der Waals surface area (Å²) in [5.41, 5.74) is 14.0. The van der Waals surface area contributed by atoms with Crippen LogP contribution in [0.25, 0.3) is 33.1 Å². The molecule has 1 aliphatic heterocycles. The van der Waals surface area contributed by atoms with Crippen LogP contribution in [-0.4, -0.2) is 52.7 Å². The normalized spacial score (nSPS) is 19.2. The molecular weight excluding hydrogens is 479 g/mol. The Hall–Kier alpha value is -4.54. The van der Waals surface area contributed by atoms with Crippen molar-refractivity contribution in [2.24, 2.45) is 11.7 Å². The van der Waals surface area contributed by atoms with Crippen LogP contribution in [0, 0.1) is 5.92 Å². The Balaban J connectivity index is 1.69. The Kier molecular flexibility index (Phi) is 6.20. The van der Waals surface area contributed by atoms with E-state index in [1.165, 1.54) is 19.5 Å². The first-order chi connectivity index (χ1) is 17.8. The number of rotatable bonds is 7. The van der Waals surface area contributed by atoms with Crippen molar-refractivity contribution in [2.45, 2.75) is 25.6 Å². The fourth-order valence-corrected chi connectivity index (χ4v) is 4.77. The molecule has 10 nitrogen and oxygen atoms in total. The number of fused-ring (bicyclic) bond motifs is 2. The number of carbonyl (C=O) groups is 2. The molecule has 0 unspecified atom stereocenters. The van der Waals surface area contributed by atoms with Gasteiger partial charge in [0.15, 0.2) is 6.17 Å². The predicted molar refractivity (Wildman–Crippen MR) is 136 cm³/mol. The van der Waals surface area contributed by atoms with E-state index >= 15 is 0 Å². The van der Waals surface area contributed by atoms with Crippen LogP contribution >= 0.6 is 0 Å². The van der Waals surface area contributed by atoms with Gasteiger partial charge in [0.05, 0.1) is 29.9 Å².